The summed E-state index contributed by atoms with van der Waals surface area (Å²) >= 11 is 0. The second-order valence-corrected chi connectivity index (χ2v) is 9.25. The minimum atomic E-state index is 0.0229. The van der Waals surface area contributed by atoms with Crippen molar-refractivity contribution < 1.29 is 9.32 Å². The molecule has 2 aromatic carbocycles. The number of aromatic nitrogens is 3. The van der Waals surface area contributed by atoms with Crippen LogP contribution in [0.25, 0.3) is 22.2 Å². The van der Waals surface area contributed by atoms with Gasteiger partial charge in [-0.1, -0.05) is 35.5 Å². The average molecular weight is 469 g/mol. The topological polar surface area (TPSA) is 78.6 Å². The largest absolute Gasteiger partial charge is 0.356 e. The Morgan fingerprint density at radius 1 is 0.857 bits per heavy atom. The van der Waals surface area contributed by atoms with E-state index in [1.54, 1.807) is 0 Å². The zero-order chi connectivity index (χ0) is 23.8. The lowest BCUT2D eigenvalue weighted by molar-refractivity contribution is 0.0746. The molecule has 0 N–H and O–H groups in total. The fourth-order valence-electron chi connectivity index (χ4n) is 4.95. The molecule has 2 aromatic heterocycles. The predicted octanol–water partition coefficient (Wildman–Crippen LogP) is 4.16. The molecule has 8 nitrogen and oxygen atoms in total. The minimum Gasteiger partial charge on any atom is -0.356 e. The summed E-state index contributed by atoms with van der Waals surface area (Å²) in [5.74, 6) is 2.48. The van der Waals surface area contributed by atoms with Gasteiger partial charge in [-0.2, -0.15) is 4.98 Å². The summed E-state index contributed by atoms with van der Waals surface area (Å²) < 4.78 is 5.60. The number of carbonyl (C=O) groups is 1. The van der Waals surface area contributed by atoms with E-state index in [0.717, 1.165) is 47.0 Å². The van der Waals surface area contributed by atoms with Crippen LogP contribution in [0.4, 0.5) is 11.8 Å². The van der Waals surface area contributed by atoms with Crippen LogP contribution in [0.2, 0.25) is 0 Å². The second-order valence-electron chi connectivity index (χ2n) is 9.25. The monoisotopic (exact) mass is 468 g/mol. The number of hydrogen-bond acceptors (Lipinski definition) is 7. The summed E-state index contributed by atoms with van der Waals surface area (Å²) in [7, 11) is 0. The Bertz CT molecular complexity index is 1350. The highest BCUT2D eigenvalue weighted by atomic mass is 16.5. The molecular formula is C27H28N6O2. The van der Waals surface area contributed by atoms with E-state index in [9.17, 15) is 4.79 Å². The van der Waals surface area contributed by atoms with E-state index in [4.69, 9.17) is 14.5 Å². The summed E-state index contributed by atoms with van der Waals surface area (Å²) in [5.41, 5.74) is 3.32. The summed E-state index contributed by atoms with van der Waals surface area (Å²) in [6.07, 6.45) is 2.43. The third kappa shape index (κ3) is 4.20. The molecule has 0 radical (unpaired) electrons. The third-order valence-corrected chi connectivity index (χ3v) is 6.87. The van der Waals surface area contributed by atoms with Gasteiger partial charge in [-0.05, 0) is 38.0 Å². The molecule has 2 aliphatic heterocycles. The fourth-order valence-corrected chi connectivity index (χ4v) is 4.95. The van der Waals surface area contributed by atoms with Crippen molar-refractivity contribution in [1.82, 2.24) is 20.0 Å². The maximum atomic E-state index is 13.4. The molecule has 0 bridgehead atoms. The summed E-state index contributed by atoms with van der Waals surface area (Å²) in [6, 6.07) is 17.5. The predicted molar refractivity (Wildman–Crippen MR) is 136 cm³/mol. The van der Waals surface area contributed by atoms with Crippen LogP contribution in [0, 0.1) is 6.92 Å². The number of aryl methyl sites for hydroxylation is 1. The molecule has 0 spiro atoms. The van der Waals surface area contributed by atoms with Crippen molar-refractivity contribution in [2.75, 3.05) is 49.1 Å². The molecule has 8 heteroatoms. The highest BCUT2D eigenvalue weighted by molar-refractivity contribution is 6.01. The number of nitrogens with zero attached hydrogens (tertiary/aromatic N) is 6. The first-order valence-electron chi connectivity index (χ1n) is 12.3. The van der Waals surface area contributed by atoms with E-state index in [0.29, 0.717) is 37.5 Å². The van der Waals surface area contributed by atoms with Gasteiger partial charge in [-0.3, -0.25) is 4.79 Å². The van der Waals surface area contributed by atoms with E-state index < -0.39 is 0 Å². The molecule has 2 fully saturated rings. The third-order valence-electron chi connectivity index (χ3n) is 6.87. The Balaban J connectivity index is 1.18. The van der Waals surface area contributed by atoms with Crippen molar-refractivity contribution in [3.05, 3.63) is 65.9 Å². The van der Waals surface area contributed by atoms with Crippen LogP contribution in [-0.4, -0.2) is 65.2 Å². The van der Waals surface area contributed by atoms with Gasteiger partial charge >= 0.3 is 0 Å². The molecule has 178 valence electrons. The van der Waals surface area contributed by atoms with E-state index in [-0.39, 0.29) is 5.91 Å². The number of piperazine rings is 1. The molecule has 0 saturated carbocycles. The molecule has 2 saturated heterocycles. The number of carbonyl (C=O) groups excluding carboxylic acids is 1. The van der Waals surface area contributed by atoms with Crippen molar-refractivity contribution >= 4 is 28.6 Å². The van der Waals surface area contributed by atoms with Gasteiger partial charge in [0, 0.05) is 62.2 Å². The summed E-state index contributed by atoms with van der Waals surface area (Å²) in [5, 5.41) is 5.02. The summed E-state index contributed by atoms with van der Waals surface area (Å²) in [6.45, 7) is 6.81. The maximum absolute atomic E-state index is 13.4. The molecule has 2 aliphatic rings. The number of anilines is 2. The first-order valence-corrected chi connectivity index (χ1v) is 12.3. The van der Waals surface area contributed by atoms with Crippen LogP contribution in [0.5, 0.6) is 0 Å². The van der Waals surface area contributed by atoms with E-state index in [1.807, 2.05) is 60.4 Å². The first kappa shape index (κ1) is 21.6. The maximum Gasteiger partial charge on any atom is 0.254 e. The summed E-state index contributed by atoms with van der Waals surface area (Å²) in [4.78, 5) is 29.3. The lowest BCUT2D eigenvalue weighted by Crippen LogP contribution is -2.49. The average Bonchev–Trinajstić information content (AvgIpc) is 3.59. The number of amides is 1. The lowest BCUT2D eigenvalue weighted by Gasteiger charge is -2.35. The number of benzene rings is 2. The Morgan fingerprint density at radius 2 is 1.63 bits per heavy atom. The molecule has 0 aliphatic carbocycles. The quantitative estimate of drug-likeness (QED) is 0.445. The molecule has 1 amide bonds. The van der Waals surface area contributed by atoms with Crippen LogP contribution in [0.1, 0.15) is 28.9 Å². The van der Waals surface area contributed by atoms with Crippen molar-refractivity contribution in [3.63, 3.8) is 0 Å². The van der Waals surface area contributed by atoms with E-state index in [1.165, 1.54) is 12.8 Å². The Hall–Kier alpha value is -3.94. The Morgan fingerprint density at radius 3 is 2.40 bits per heavy atom. The smallest absolute Gasteiger partial charge is 0.254 e. The van der Waals surface area contributed by atoms with Crippen LogP contribution >= 0.6 is 0 Å². The Labute approximate surface area is 204 Å². The molecule has 6 rings (SSSR count). The van der Waals surface area contributed by atoms with Crippen LogP contribution in [0.15, 0.2) is 59.1 Å². The van der Waals surface area contributed by atoms with E-state index in [2.05, 4.69) is 21.0 Å². The zero-order valence-electron chi connectivity index (χ0n) is 19.9. The van der Waals surface area contributed by atoms with Crippen molar-refractivity contribution in [2.24, 2.45) is 0 Å². The minimum absolute atomic E-state index is 0.0229. The van der Waals surface area contributed by atoms with Gasteiger partial charge in [0.2, 0.25) is 5.95 Å². The molecule has 35 heavy (non-hydrogen) atoms. The van der Waals surface area contributed by atoms with Gasteiger partial charge in [0.1, 0.15) is 11.3 Å². The van der Waals surface area contributed by atoms with Gasteiger partial charge in [0.25, 0.3) is 5.91 Å². The zero-order valence-corrected chi connectivity index (χ0v) is 19.9. The number of hydrogen-bond donors (Lipinski definition) is 0. The van der Waals surface area contributed by atoms with E-state index >= 15 is 0 Å². The Kier molecular flexibility index (Phi) is 5.56. The van der Waals surface area contributed by atoms with Gasteiger partial charge < -0.3 is 19.2 Å². The van der Waals surface area contributed by atoms with Crippen LogP contribution < -0.4 is 9.80 Å². The molecule has 4 aromatic rings. The number of rotatable bonds is 4. The van der Waals surface area contributed by atoms with Gasteiger partial charge in [0.05, 0.1) is 5.39 Å². The molecule has 0 unspecified atom stereocenters. The van der Waals surface area contributed by atoms with Gasteiger partial charge in [-0.15, -0.1) is 0 Å². The van der Waals surface area contributed by atoms with Gasteiger partial charge in [0.15, 0.2) is 5.76 Å². The van der Waals surface area contributed by atoms with Crippen molar-refractivity contribution in [2.45, 2.75) is 19.8 Å². The fraction of sp³-hybridized carbons (Fsp3) is 0.333. The van der Waals surface area contributed by atoms with Crippen LogP contribution in [0.3, 0.4) is 0 Å². The molecule has 0 atom stereocenters. The van der Waals surface area contributed by atoms with Crippen LogP contribution in [-0.2, 0) is 0 Å². The molecular weight excluding hydrogens is 440 g/mol. The highest BCUT2D eigenvalue weighted by Crippen LogP contribution is 2.30. The second kappa shape index (κ2) is 9.02. The van der Waals surface area contributed by atoms with Gasteiger partial charge in [-0.25, -0.2) is 4.98 Å². The highest BCUT2D eigenvalue weighted by Gasteiger charge is 2.25. The number of fused-ring (bicyclic) bond motifs is 1. The van der Waals surface area contributed by atoms with Crippen molar-refractivity contribution in [1.29, 1.82) is 0 Å². The standard InChI is InChI=1S/C27H28N6O2/c1-19-17-24(31-11-5-6-12-31)29-27(28-19)33-15-13-32(14-16-33)26(34)21-9-10-23-22(18-21)25(35-30-23)20-7-3-2-4-8-20/h2-4,7-10,17-18H,5-6,11-16H2,1H3. The lowest BCUT2D eigenvalue weighted by atomic mass is 10.1. The van der Waals surface area contributed by atoms with Crippen molar-refractivity contribution in [3.8, 4) is 11.3 Å². The normalized spacial score (nSPS) is 16.3. The molecule has 4 heterocycles. The first-order chi connectivity index (χ1) is 17.2. The SMILES string of the molecule is Cc1cc(N2CCCC2)nc(N2CCN(C(=O)c3ccc4noc(-c5ccccc5)c4c3)CC2)n1.